The first kappa shape index (κ1) is 15.8. The molecule has 1 rings (SSSR count). The second-order valence-corrected chi connectivity index (χ2v) is 4.21. The number of methoxy groups -OCH3 is 1. The van der Waals surface area contributed by atoms with E-state index in [0.29, 0.717) is 25.5 Å². The van der Waals surface area contributed by atoms with Gasteiger partial charge in [-0.1, -0.05) is 17.7 Å². The van der Waals surface area contributed by atoms with Gasteiger partial charge in [0, 0.05) is 26.0 Å². The van der Waals surface area contributed by atoms with Crippen molar-refractivity contribution in [1.82, 2.24) is 0 Å². The molecule has 0 spiro atoms. The van der Waals surface area contributed by atoms with Gasteiger partial charge in [-0.05, 0) is 18.6 Å². The van der Waals surface area contributed by atoms with Crippen LogP contribution in [0, 0.1) is 0 Å². The molecule has 1 aromatic rings. The van der Waals surface area contributed by atoms with E-state index in [1.54, 1.807) is 25.3 Å². The Morgan fingerprint density at radius 2 is 2.05 bits per heavy atom. The summed E-state index contributed by atoms with van der Waals surface area (Å²) in [6.07, 6.45) is 0.807. The summed E-state index contributed by atoms with van der Waals surface area (Å²) in [6, 6.07) is 4.87. The van der Waals surface area contributed by atoms with Crippen LogP contribution in [0.4, 0.5) is 5.69 Å². The molecule has 0 heterocycles. The smallest absolute Gasteiger partial charge is 0.341 e. The van der Waals surface area contributed by atoms with Gasteiger partial charge in [-0.2, -0.15) is 0 Å². The predicted octanol–water partition coefficient (Wildman–Crippen LogP) is 2.13. The fourth-order valence-corrected chi connectivity index (χ4v) is 1.69. The number of rotatable bonds is 8. The first-order chi connectivity index (χ1) is 9.16. The lowest BCUT2D eigenvalue weighted by Crippen LogP contribution is -2.13. The zero-order chi connectivity index (χ0) is 14.1. The number of halogens is 1. The van der Waals surface area contributed by atoms with Gasteiger partial charge in [-0.3, -0.25) is 0 Å². The molecule has 0 fully saturated rings. The van der Waals surface area contributed by atoms with Gasteiger partial charge in [0.15, 0.2) is 0 Å². The number of carbonyl (C=O) groups is 1. The summed E-state index contributed by atoms with van der Waals surface area (Å²) in [6.45, 7) is 1.71. The second-order valence-electron chi connectivity index (χ2n) is 3.80. The monoisotopic (exact) mass is 287 g/mol. The topological polar surface area (TPSA) is 70.8 Å². The van der Waals surface area contributed by atoms with Crippen LogP contribution in [-0.4, -0.2) is 39.5 Å². The Morgan fingerprint density at radius 1 is 1.26 bits per heavy atom. The summed E-state index contributed by atoms with van der Waals surface area (Å²) in [5, 5.41) is 0.283. The fourth-order valence-electron chi connectivity index (χ4n) is 1.43. The highest BCUT2D eigenvalue weighted by molar-refractivity contribution is 6.34. The second kappa shape index (κ2) is 8.74. The summed E-state index contributed by atoms with van der Waals surface area (Å²) in [5.74, 6) is -0.538. The van der Waals surface area contributed by atoms with E-state index in [1.165, 1.54) is 0 Å². The molecule has 0 amide bonds. The van der Waals surface area contributed by atoms with Crippen LogP contribution in [0.15, 0.2) is 18.2 Å². The minimum Gasteiger partial charge on any atom is -0.460 e. The van der Waals surface area contributed by atoms with Crippen LogP contribution in [0.3, 0.4) is 0 Å². The van der Waals surface area contributed by atoms with Gasteiger partial charge in [0.2, 0.25) is 0 Å². The van der Waals surface area contributed by atoms with Crippen molar-refractivity contribution in [3.05, 3.63) is 28.8 Å². The molecule has 0 aliphatic heterocycles. The summed E-state index contributed by atoms with van der Waals surface area (Å²) in [5.41, 5.74) is 6.18. The van der Waals surface area contributed by atoms with E-state index in [1.807, 2.05) is 0 Å². The molecule has 1 aromatic carbocycles. The Bertz CT molecular complexity index is 391. The van der Waals surface area contributed by atoms with Crippen molar-refractivity contribution in [2.75, 3.05) is 39.3 Å². The Morgan fingerprint density at radius 3 is 2.74 bits per heavy atom. The fraction of sp³-hybridized carbons (Fsp3) is 0.462. The lowest BCUT2D eigenvalue weighted by molar-refractivity contribution is 0.0289. The van der Waals surface area contributed by atoms with E-state index in [2.05, 4.69) is 0 Å². The molecule has 0 atom stereocenters. The molecule has 6 heteroatoms. The van der Waals surface area contributed by atoms with E-state index in [9.17, 15) is 4.79 Å². The zero-order valence-electron chi connectivity index (χ0n) is 10.9. The van der Waals surface area contributed by atoms with Crippen LogP contribution in [-0.2, 0) is 14.2 Å². The Balaban J connectivity index is 2.28. The van der Waals surface area contributed by atoms with Gasteiger partial charge in [0.1, 0.15) is 12.2 Å². The van der Waals surface area contributed by atoms with Crippen LogP contribution in [0.1, 0.15) is 16.8 Å². The molecule has 0 unspecified atom stereocenters. The van der Waals surface area contributed by atoms with E-state index in [0.717, 1.165) is 6.42 Å². The number of carbonyl (C=O) groups excluding carboxylic acids is 1. The number of nitrogens with two attached hydrogens (primary N) is 1. The number of esters is 1. The lowest BCUT2D eigenvalue weighted by atomic mass is 10.2. The maximum absolute atomic E-state index is 11.8. The summed E-state index contributed by atoms with van der Waals surface area (Å²) in [4.78, 5) is 11.8. The van der Waals surface area contributed by atoms with Crippen molar-refractivity contribution in [2.24, 2.45) is 0 Å². The lowest BCUT2D eigenvalue weighted by Gasteiger charge is -2.08. The van der Waals surface area contributed by atoms with Gasteiger partial charge in [-0.25, -0.2) is 4.79 Å². The quantitative estimate of drug-likeness (QED) is 0.450. The van der Waals surface area contributed by atoms with Crippen molar-refractivity contribution in [3.8, 4) is 0 Å². The summed E-state index contributed by atoms with van der Waals surface area (Å²) in [7, 11) is 1.63. The highest BCUT2D eigenvalue weighted by Gasteiger charge is 2.14. The molecule has 5 nitrogen and oxygen atoms in total. The van der Waals surface area contributed by atoms with E-state index in [4.69, 9.17) is 31.5 Å². The molecule has 0 saturated carbocycles. The number of ether oxygens (including phenoxy) is 3. The highest BCUT2D eigenvalue weighted by Crippen LogP contribution is 2.22. The first-order valence-corrected chi connectivity index (χ1v) is 6.32. The number of benzene rings is 1. The zero-order valence-corrected chi connectivity index (χ0v) is 11.6. The van der Waals surface area contributed by atoms with Crippen LogP contribution in [0.2, 0.25) is 5.02 Å². The maximum Gasteiger partial charge on any atom is 0.341 e. The maximum atomic E-state index is 11.8. The minimum absolute atomic E-state index is 0.163. The van der Waals surface area contributed by atoms with Gasteiger partial charge in [0.25, 0.3) is 0 Å². The molecule has 0 radical (unpaired) electrons. The first-order valence-electron chi connectivity index (χ1n) is 5.94. The molecule has 0 aliphatic rings. The van der Waals surface area contributed by atoms with Crippen molar-refractivity contribution in [3.63, 3.8) is 0 Å². The van der Waals surface area contributed by atoms with Gasteiger partial charge >= 0.3 is 5.97 Å². The van der Waals surface area contributed by atoms with E-state index >= 15 is 0 Å². The summed E-state index contributed by atoms with van der Waals surface area (Å²) >= 11 is 5.90. The summed E-state index contributed by atoms with van der Waals surface area (Å²) < 4.78 is 15.2. The number of nitrogen functional groups attached to an aromatic ring is 1. The molecular formula is C13H18ClNO4. The number of hydrogen-bond acceptors (Lipinski definition) is 5. The van der Waals surface area contributed by atoms with Crippen molar-refractivity contribution >= 4 is 23.3 Å². The Kier molecular flexibility index (Phi) is 7.25. The molecule has 0 aliphatic carbocycles. The third-order valence-corrected chi connectivity index (χ3v) is 2.66. The highest BCUT2D eigenvalue weighted by atomic mass is 35.5. The number of hydrogen-bond donors (Lipinski definition) is 1. The largest absolute Gasteiger partial charge is 0.460 e. The third kappa shape index (κ3) is 5.46. The van der Waals surface area contributed by atoms with Gasteiger partial charge < -0.3 is 19.9 Å². The molecular weight excluding hydrogens is 270 g/mol. The molecule has 2 N–H and O–H groups in total. The Hall–Kier alpha value is -1.30. The SMILES string of the molecule is COCCCOCCOC(=O)c1c(N)cccc1Cl. The normalized spacial score (nSPS) is 10.4. The van der Waals surface area contributed by atoms with Crippen molar-refractivity contribution < 1.29 is 19.0 Å². The molecule has 19 heavy (non-hydrogen) atoms. The van der Waals surface area contributed by atoms with E-state index < -0.39 is 5.97 Å². The molecule has 106 valence electrons. The van der Waals surface area contributed by atoms with Gasteiger partial charge in [0.05, 0.1) is 11.6 Å². The third-order valence-electron chi connectivity index (χ3n) is 2.35. The average Bonchev–Trinajstić information content (AvgIpc) is 2.37. The molecule has 0 aromatic heterocycles. The van der Waals surface area contributed by atoms with Gasteiger partial charge in [-0.15, -0.1) is 0 Å². The molecule has 0 bridgehead atoms. The minimum atomic E-state index is -0.538. The van der Waals surface area contributed by atoms with E-state index in [-0.39, 0.29) is 17.2 Å². The average molecular weight is 288 g/mol. The van der Waals surface area contributed by atoms with Crippen molar-refractivity contribution in [2.45, 2.75) is 6.42 Å². The van der Waals surface area contributed by atoms with Crippen molar-refractivity contribution in [1.29, 1.82) is 0 Å². The van der Waals surface area contributed by atoms with Crippen LogP contribution >= 0.6 is 11.6 Å². The standard InChI is InChI=1S/C13H18ClNO4/c1-17-6-3-7-18-8-9-19-13(16)12-10(14)4-2-5-11(12)15/h2,4-5H,3,6-9,15H2,1H3. The number of anilines is 1. The van der Waals surface area contributed by atoms with Crippen LogP contribution in [0.5, 0.6) is 0 Å². The van der Waals surface area contributed by atoms with Crippen LogP contribution < -0.4 is 5.73 Å². The van der Waals surface area contributed by atoms with Crippen LogP contribution in [0.25, 0.3) is 0 Å². The molecule has 0 saturated heterocycles. The Labute approximate surface area is 117 Å². The predicted molar refractivity (Wildman–Crippen MR) is 73.5 cm³/mol.